The molecular formula is C10H14N2O4. The van der Waals surface area contributed by atoms with Gasteiger partial charge < -0.3 is 9.84 Å². The lowest BCUT2D eigenvalue weighted by Crippen LogP contribution is -2.29. The van der Waals surface area contributed by atoms with E-state index in [9.17, 15) is 14.7 Å². The fourth-order valence-corrected chi connectivity index (χ4v) is 1.23. The van der Waals surface area contributed by atoms with E-state index >= 15 is 0 Å². The molecule has 0 fully saturated rings. The number of nitrogens with zero attached hydrogens (tertiary/aromatic N) is 2. The van der Waals surface area contributed by atoms with Gasteiger partial charge in [-0.25, -0.2) is 9.78 Å². The number of aromatic nitrogens is 2. The van der Waals surface area contributed by atoms with Crippen molar-refractivity contribution in [3.63, 3.8) is 0 Å². The first-order chi connectivity index (χ1) is 7.63. The van der Waals surface area contributed by atoms with E-state index in [0.29, 0.717) is 0 Å². The summed E-state index contributed by atoms with van der Waals surface area (Å²) in [6, 6.07) is 1.58. The molecule has 1 atom stereocenters. The summed E-state index contributed by atoms with van der Waals surface area (Å²) >= 11 is 0. The molecule has 16 heavy (non-hydrogen) atoms. The third-order valence-corrected chi connectivity index (χ3v) is 1.90. The number of aliphatic hydroxyl groups excluding tert-OH is 1. The van der Waals surface area contributed by atoms with Gasteiger partial charge in [0.1, 0.15) is 0 Å². The van der Waals surface area contributed by atoms with Crippen LogP contribution in [0.1, 0.15) is 13.3 Å². The van der Waals surface area contributed by atoms with Crippen LogP contribution in [0, 0.1) is 0 Å². The van der Waals surface area contributed by atoms with E-state index in [0.717, 1.165) is 0 Å². The highest BCUT2D eigenvalue weighted by Gasteiger charge is 2.12. The summed E-state index contributed by atoms with van der Waals surface area (Å²) in [5.74, 6) is -0.480. The van der Waals surface area contributed by atoms with E-state index in [1.54, 1.807) is 13.0 Å². The van der Waals surface area contributed by atoms with E-state index in [4.69, 9.17) is 0 Å². The molecule has 0 amide bonds. The Morgan fingerprint density at radius 2 is 2.44 bits per heavy atom. The van der Waals surface area contributed by atoms with Crippen molar-refractivity contribution >= 4 is 5.97 Å². The zero-order valence-corrected chi connectivity index (χ0v) is 9.00. The summed E-state index contributed by atoms with van der Waals surface area (Å²) in [6.45, 7) is 2.00. The molecule has 0 radical (unpaired) electrons. The third-order valence-electron chi connectivity index (χ3n) is 1.90. The van der Waals surface area contributed by atoms with Crippen molar-refractivity contribution in [1.82, 2.24) is 9.55 Å². The van der Waals surface area contributed by atoms with Crippen molar-refractivity contribution in [2.24, 2.45) is 0 Å². The monoisotopic (exact) mass is 226 g/mol. The number of ether oxygens (including phenoxy) is 1. The molecule has 0 saturated carbocycles. The molecule has 0 spiro atoms. The van der Waals surface area contributed by atoms with Gasteiger partial charge in [-0.2, -0.15) is 0 Å². The zero-order chi connectivity index (χ0) is 12.0. The van der Waals surface area contributed by atoms with Gasteiger partial charge in [-0.1, -0.05) is 0 Å². The highest BCUT2D eigenvalue weighted by molar-refractivity contribution is 5.69. The van der Waals surface area contributed by atoms with Crippen LogP contribution in [0.5, 0.6) is 0 Å². The fraction of sp³-hybridized carbons (Fsp3) is 0.500. The summed E-state index contributed by atoms with van der Waals surface area (Å²) in [5.41, 5.74) is -0.453. The molecular weight excluding hydrogens is 212 g/mol. The molecule has 1 aromatic rings. The summed E-state index contributed by atoms with van der Waals surface area (Å²) in [6.07, 6.45) is 1.80. The molecule has 88 valence electrons. The number of esters is 1. The van der Waals surface area contributed by atoms with Crippen LogP contribution < -0.4 is 5.69 Å². The molecule has 6 heteroatoms. The molecule has 0 aliphatic carbocycles. The van der Waals surface area contributed by atoms with Crippen LogP contribution in [0.4, 0.5) is 0 Å². The summed E-state index contributed by atoms with van der Waals surface area (Å²) < 4.78 is 5.92. The second kappa shape index (κ2) is 6.02. The Balaban J connectivity index is 2.52. The van der Waals surface area contributed by atoms with Crippen molar-refractivity contribution in [3.05, 3.63) is 28.9 Å². The summed E-state index contributed by atoms with van der Waals surface area (Å²) in [5, 5.41) is 9.54. The average Bonchev–Trinajstić information content (AvgIpc) is 2.21. The minimum Gasteiger partial charge on any atom is -0.466 e. The molecule has 0 aromatic carbocycles. The number of hydrogen-bond acceptors (Lipinski definition) is 5. The second-order valence-electron chi connectivity index (χ2n) is 3.22. The van der Waals surface area contributed by atoms with E-state index in [1.807, 2.05) is 0 Å². The topological polar surface area (TPSA) is 81.4 Å². The molecule has 1 rings (SSSR count). The van der Waals surface area contributed by atoms with Gasteiger partial charge in [0.05, 0.1) is 25.7 Å². The Labute approximate surface area is 92.5 Å². The quantitative estimate of drug-likeness (QED) is 0.688. The molecule has 0 aliphatic rings. The Morgan fingerprint density at radius 1 is 1.69 bits per heavy atom. The lowest BCUT2D eigenvalue weighted by Gasteiger charge is -2.10. The lowest BCUT2D eigenvalue weighted by molar-refractivity contribution is -0.145. The maximum atomic E-state index is 11.2. The minimum absolute atomic E-state index is 0.0332. The van der Waals surface area contributed by atoms with Crippen LogP contribution >= 0.6 is 0 Å². The van der Waals surface area contributed by atoms with Gasteiger partial charge in [-0.15, -0.1) is 0 Å². The largest absolute Gasteiger partial charge is 0.466 e. The molecule has 1 heterocycles. The first-order valence-electron chi connectivity index (χ1n) is 4.98. The summed E-state index contributed by atoms with van der Waals surface area (Å²) in [4.78, 5) is 25.8. The number of carbonyl (C=O) groups is 1. The highest BCUT2D eigenvalue weighted by atomic mass is 16.5. The first-order valence-corrected chi connectivity index (χ1v) is 4.98. The molecule has 1 N–H and O–H groups in total. The van der Waals surface area contributed by atoms with Crippen molar-refractivity contribution < 1.29 is 14.6 Å². The van der Waals surface area contributed by atoms with Gasteiger partial charge in [-0.3, -0.25) is 9.36 Å². The predicted molar refractivity (Wildman–Crippen MR) is 55.8 cm³/mol. The second-order valence-corrected chi connectivity index (χ2v) is 3.22. The van der Waals surface area contributed by atoms with E-state index in [-0.39, 0.29) is 19.6 Å². The standard InChI is InChI=1S/C10H14N2O4/c1-2-16-9(14)6-8(13)7-12-5-3-4-11-10(12)15/h3-5,8,13H,2,6-7H2,1H3. The van der Waals surface area contributed by atoms with Crippen LogP contribution in [0.2, 0.25) is 0 Å². The van der Waals surface area contributed by atoms with Gasteiger partial charge in [0.25, 0.3) is 0 Å². The zero-order valence-electron chi connectivity index (χ0n) is 9.00. The number of hydrogen-bond donors (Lipinski definition) is 1. The van der Waals surface area contributed by atoms with Crippen molar-refractivity contribution in [2.45, 2.75) is 26.0 Å². The average molecular weight is 226 g/mol. The Bertz CT molecular complexity index is 402. The van der Waals surface area contributed by atoms with E-state index in [1.165, 1.54) is 17.0 Å². The predicted octanol–water partition coefficient (Wildman–Crippen LogP) is -0.443. The van der Waals surface area contributed by atoms with Crippen LogP contribution in [0.15, 0.2) is 23.3 Å². The maximum Gasteiger partial charge on any atom is 0.347 e. The SMILES string of the molecule is CCOC(=O)CC(O)Cn1cccnc1=O. The van der Waals surface area contributed by atoms with Crippen LogP contribution in [0.25, 0.3) is 0 Å². The fourth-order valence-electron chi connectivity index (χ4n) is 1.23. The van der Waals surface area contributed by atoms with Gasteiger partial charge in [0.15, 0.2) is 0 Å². The Hall–Kier alpha value is -1.69. The van der Waals surface area contributed by atoms with Crippen molar-refractivity contribution in [3.8, 4) is 0 Å². The minimum atomic E-state index is -0.944. The van der Waals surface area contributed by atoms with E-state index in [2.05, 4.69) is 9.72 Å². The van der Waals surface area contributed by atoms with Crippen LogP contribution in [0.3, 0.4) is 0 Å². The number of carbonyl (C=O) groups excluding carboxylic acids is 1. The maximum absolute atomic E-state index is 11.2. The molecule has 0 saturated heterocycles. The van der Waals surface area contributed by atoms with Gasteiger partial charge in [-0.05, 0) is 13.0 Å². The first kappa shape index (κ1) is 12.4. The van der Waals surface area contributed by atoms with Gasteiger partial charge >= 0.3 is 11.7 Å². The normalized spacial score (nSPS) is 12.1. The van der Waals surface area contributed by atoms with Crippen molar-refractivity contribution in [2.75, 3.05) is 6.61 Å². The number of aliphatic hydroxyl groups is 1. The lowest BCUT2D eigenvalue weighted by atomic mass is 10.2. The molecule has 0 bridgehead atoms. The molecule has 0 aliphatic heterocycles. The molecule has 1 unspecified atom stereocenters. The van der Waals surface area contributed by atoms with Crippen LogP contribution in [-0.2, 0) is 16.1 Å². The molecule has 6 nitrogen and oxygen atoms in total. The van der Waals surface area contributed by atoms with Crippen molar-refractivity contribution in [1.29, 1.82) is 0 Å². The third kappa shape index (κ3) is 3.82. The highest BCUT2D eigenvalue weighted by Crippen LogP contribution is 1.97. The van der Waals surface area contributed by atoms with Gasteiger partial charge in [0.2, 0.25) is 0 Å². The van der Waals surface area contributed by atoms with Gasteiger partial charge in [0, 0.05) is 12.4 Å². The van der Waals surface area contributed by atoms with E-state index < -0.39 is 17.8 Å². The summed E-state index contributed by atoms with van der Waals surface area (Å²) in [7, 11) is 0. The number of rotatable bonds is 5. The Morgan fingerprint density at radius 3 is 3.06 bits per heavy atom. The Kier molecular flexibility index (Phi) is 4.65. The molecule has 1 aromatic heterocycles. The smallest absolute Gasteiger partial charge is 0.347 e. The van der Waals surface area contributed by atoms with Crippen LogP contribution in [-0.4, -0.2) is 33.3 Å².